The van der Waals surface area contributed by atoms with Crippen LogP contribution in [0, 0.1) is 17.5 Å². The van der Waals surface area contributed by atoms with Crippen LogP contribution in [0.5, 0.6) is 0 Å². The highest BCUT2D eigenvalue weighted by atomic mass is 35.5. The zero-order valence-corrected chi connectivity index (χ0v) is 17.1. The van der Waals surface area contributed by atoms with Gasteiger partial charge in [-0.3, -0.25) is 5.10 Å². The van der Waals surface area contributed by atoms with Gasteiger partial charge in [-0.25, -0.2) is 9.07 Å². The Labute approximate surface area is 166 Å². The highest BCUT2D eigenvalue weighted by molar-refractivity contribution is 7.71. The van der Waals surface area contributed by atoms with E-state index >= 15 is 0 Å². The van der Waals surface area contributed by atoms with E-state index < -0.39 is 0 Å². The summed E-state index contributed by atoms with van der Waals surface area (Å²) in [6, 6.07) is 6.24. The molecule has 0 unspecified atom stereocenters. The molecule has 0 aliphatic carbocycles. The fraction of sp³-hybridized carbons (Fsp3) is 0.333. The third-order valence-electron chi connectivity index (χ3n) is 3.98. The lowest BCUT2D eigenvalue weighted by atomic mass is 9.96. The summed E-state index contributed by atoms with van der Waals surface area (Å²) in [5.74, 6) is 0.442. The second kappa shape index (κ2) is 7.36. The SMILES string of the molecule is Cc1nn(Cc2ccc(F)cc2)c(Cl)c1/C=N\n1c(C(C)(C)C)n[nH]c1=S. The van der Waals surface area contributed by atoms with Crippen LogP contribution < -0.4 is 0 Å². The first-order chi connectivity index (χ1) is 12.7. The number of aromatic amines is 1. The van der Waals surface area contributed by atoms with E-state index in [0.29, 0.717) is 22.0 Å². The molecule has 9 heteroatoms. The van der Waals surface area contributed by atoms with Gasteiger partial charge in [-0.05, 0) is 36.8 Å². The molecule has 0 saturated heterocycles. The van der Waals surface area contributed by atoms with Gasteiger partial charge < -0.3 is 0 Å². The van der Waals surface area contributed by atoms with Crippen LogP contribution >= 0.6 is 23.8 Å². The quantitative estimate of drug-likeness (QED) is 0.513. The fourth-order valence-corrected chi connectivity index (χ4v) is 3.04. The van der Waals surface area contributed by atoms with Crippen LogP contribution in [0.2, 0.25) is 5.15 Å². The molecule has 0 aliphatic heterocycles. The first kappa shape index (κ1) is 19.4. The average Bonchev–Trinajstić information content (AvgIpc) is 3.08. The number of rotatable bonds is 4. The summed E-state index contributed by atoms with van der Waals surface area (Å²) < 4.78 is 16.7. The van der Waals surface area contributed by atoms with Gasteiger partial charge in [0, 0.05) is 5.41 Å². The van der Waals surface area contributed by atoms with E-state index in [9.17, 15) is 4.39 Å². The molecule has 0 amide bonds. The summed E-state index contributed by atoms with van der Waals surface area (Å²) >= 11 is 11.8. The molecule has 3 rings (SSSR count). The summed E-state index contributed by atoms with van der Waals surface area (Å²) in [7, 11) is 0. The van der Waals surface area contributed by atoms with Crippen molar-refractivity contribution in [2.75, 3.05) is 0 Å². The molecule has 1 N–H and O–H groups in total. The Kier molecular flexibility index (Phi) is 5.30. The van der Waals surface area contributed by atoms with Crippen LogP contribution in [0.4, 0.5) is 4.39 Å². The zero-order chi connectivity index (χ0) is 19.8. The van der Waals surface area contributed by atoms with Crippen LogP contribution in [-0.4, -0.2) is 30.9 Å². The van der Waals surface area contributed by atoms with Crippen LogP contribution in [-0.2, 0) is 12.0 Å². The third kappa shape index (κ3) is 4.17. The molecule has 27 heavy (non-hydrogen) atoms. The number of nitrogens with zero attached hydrogens (tertiary/aromatic N) is 5. The first-order valence-corrected chi connectivity index (χ1v) is 9.15. The van der Waals surface area contributed by atoms with E-state index in [0.717, 1.165) is 17.1 Å². The maximum absolute atomic E-state index is 13.1. The lowest BCUT2D eigenvalue weighted by Gasteiger charge is -2.15. The molecule has 1 aromatic carbocycles. The Bertz CT molecular complexity index is 1040. The largest absolute Gasteiger partial charge is 0.250 e. The zero-order valence-electron chi connectivity index (χ0n) is 15.5. The van der Waals surface area contributed by atoms with Crippen LogP contribution in [0.25, 0.3) is 0 Å². The summed E-state index contributed by atoms with van der Waals surface area (Å²) in [4.78, 5) is 0. The number of hydrogen-bond acceptors (Lipinski definition) is 4. The van der Waals surface area contributed by atoms with E-state index in [1.54, 1.807) is 27.7 Å². The van der Waals surface area contributed by atoms with Crippen molar-refractivity contribution in [1.82, 2.24) is 24.7 Å². The monoisotopic (exact) mass is 406 g/mol. The van der Waals surface area contributed by atoms with Crippen LogP contribution in [0.1, 0.15) is 43.4 Å². The van der Waals surface area contributed by atoms with Crippen molar-refractivity contribution in [2.24, 2.45) is 5.10 Å². The van der Waals surface area contributed by atoms with E-state index in [-0.39, 0.29) is 11.2 Å². The fourth-order valence-electron chi connectivity index (χ4n) is 2.58. The topological polar surface area (TPSA) is 63.8 Å². The van der Waals surface area contributed by atoms with E-state index in [1.165, 1.54) is 12.1 Å². The number of benzene rings is 1. The highest BCUT2D eigenvalue weighted by Crippen LogP contribution is 2.22. The van der Waals surface area contributed by atoms with Crippen molar-refractivity contribution >= 4 is 30.0 Å². The van der Waals surface area contributed by atoms with Gasteiger partial charge in [-0.2, -0.15) is 20.0 Å². The Hall–Kier alpha value is -2.32. The summed E-state index contributed by atoms with van der Waals surface area (Å²) in [5, 5.41) is 16.4. The molecule has 2 heterocycles. The third-order valence-corrected chi connectivity index (χ3v) is 4.64. The van der Waals surface area contributed by atoms with Gasteiger partial charge in [-0.15, -0.1) is 0 Å². The number of hydrogen-bond donors (Lipinski definition) is 1. The van der Waals surface area contributed by atoms with Gasteiger partial charge in [-0.1, -0.05) is 44.5 Å². The normalized spacial score (nSPS) is 12.2. The Morgan fingerprint density at radius 3 is 2.59 bits per heavy atom. The standard InChI is InChI=1S/C18H20ClFN6S/c1-11-14(9-21-26-16(18(2,3)4)22-23-17(26)27)15(19)25(24-11)10-12-5-7-13(20)8-6-12/h5-9H,10H2,1-4H3,(H,23,27)/b21-9-. The van der Waals surface area contributed by atoms with Gasteiger partial charge >= 0.3 is 0 Å². The molecule has 0 aliphatic rings. The van der Waals surface area contributed by atoms with Gasteiger partial charge in [0.1, 0.15) is 11.0 Å². The maximum Gasteiger partial charge on any atom is 0.216 e. The number of H-pyrrole nitrogens is 1. The van der Waals surface area contributed by atoms with Crippen molar-refractivity contribution in [1.29, 1.82) is 0 Å². The molecule has 0 fully saturated rings. The minimum Gasteiger partial charge on any atom is -0.250 e. The van der Waals surface area contributed by atoms with Crippen molar-refractivity contribution in [3.8, 4) is 0 Å². The summed E-state index contributed by atoms with van der Waals surface area (Å²) in [5.41, 5.74) is 2.10. The first-order valence-electron chi connectivity index (χ1n) is 8.36. The number of halogens is 2. The summed E-state index contributed by atoms with van der Waals surface area (Å²) in [6.45, 7) is 8.38. The molecule has 3 aromatic rings. The lowest BCUT2D eigenvalue weighted by molar-refractivity contribution is 0.516. The molecule has 142 valence electrons. The molecule has 2 aromatic heterocycles. The van der Waals surface area contributed by atoms with Crippen molar-refractivity contribution in [3.63, 3.8) is 0 Å². The van der Waals surface area contributed by atoms with Gasteiger partial charge in [0.25, 0.3) is 0 Å². The number of aryl methyl sites for hydroxylation is 1. The maximum atomic E-state index is 13.1. The van der Waals surface area contributed by atoms with E-state index in [2.05, 4.69) is 20.4 Å². The molecule has 0 atom stereocenters. The molecular formula is C18H20ClFN6S. The number of nitrogens with one attached hydrogen (secondary N) is 1. The smallest absolute Gasteiger partial charge is 0.216 e. The van der Waals surface area contributed by atoms with E-state index in [1.807, 2.05) is 27.7 Å². The summed E-state index contributed by atoms with van der Waals surface area (Å²) in [6.07, 6.45) is 1.63. The molecule has 0 spiro atoms. The lowest BCUT2D eigenvalue weighted by Crippen LogP contribution is -2.17. The average molecular weight is 407 g/mol. The van der Waals surface area contributed by atoms with Gasteiger partial charge in [0.05, 0.1) is 24.0 Å². The second-order valence-electron chi connectivity index (χ2n) is 7.23. The van der Waals surface area contributed by atoms with Crippen LogP contribution in [0.15, 0.2) is 29.4 Å². The van der Waals surface area contributed by atoms with E-state index in [4.69, 9.17) is 23.8 Å². The van der Waals surface area contributed by atoms with Gasteiger partial charge in [0.2, 0.25) is 4.77 Å². The van der Waals surface area contributed by atoms with Crippen molar-refractivity contribution in [2.45, 2.75) is 39.7 Å². The predicted molar refractivity (Wildman–Crippen MR) is 107 cm³/mol. The van der Waals surface area contributed by atoms with Crippen molar-refractivity contribution < 1.29 is 4.39 Å². The second-order valence-corrected chi connectivity index (χ2v) is 7.98. The Balaban J connectivity index is 1.92. The molecule has 6 nitrogen and oxygen atoms in total. The Morgan fingerprint density at radius 1 is 1.30 bits per heavy atom. The van der Waals surface area contributed by atoms with Crippen molar-refractivity contribution in [3.05, 3.63) is 62.7 Å². The minimum absolute atomic E-state index is 0.226. The Morgan fingerprint density at radius 2 is 1.96 bits per heavy atom. The molecule has 0 saturated carbocycles. The van der Waals surface area contributed by atoms with Crippen LogP contribution in [0.3, 0.4) is 0 Å². The molecule has 0 radical (unpaired) electrons. The highest BCUT2D eigenvalue weighted by Gasteiger charge is 2.21. The molecule has 0 bridgehead atoms. The van der Waals surface area contributed by atoms with Gasteiger partial charge in [0.15, 0.2) is 5.82 Å². The predicted octanol–water partition coefficient (Wildman–Crippen LogP) is 4.47. The minimum atomic E-state index is -0.277. The number of aromatic nitrogens is 5. The molecular weight excluding hydrogens is 387 g/mol.